The summed E-state index contributed by atoms with van der Waals surface area (Å²) in [4.78, 5) is 12.9. The van der Waals surface area contributed by atoms with Gasteiger partial charge in [0.1, 0.15) is 12.3 Å². The van der Waals surface area contributed by atoms with E-state index in [9.17, 15) is 13.2 Å². The molecule has 0 fully saturated rings. The van der Waals surface area contributed by atoms with Crippen LogP contribution in [0.25, 0.3) is 5.69 Å². The predicted molar refractivity (Wildman–Crippen MR) is 143 cm³/mol. The Morgan fingerprint density at radius 3 is 2.43 bits per heavy atom. The zero-order valence-electron chi connectivity index (χ0n) is 20.1. The molecule has 4 aromatic rings. The Morgan fingerprint density at radius 1 is 1.08 bits per heavy atom. The summed E-state index contributed by atoms with van der Waals surface area (Å²) in [6.45, 7) is 1.31. The van der Waals surface area contributed by atoms with E-state index in [4.69, 9.17) is 16.3 Å². The van der Waals surface area contributed by atoms with E-state index in [0.29, 0.717) is 11.3 Å². The Balaban J connectivity index is 1.56. The van der Waals surface area contributed by atoms with Crippen LogP contribution in [0.3, 0.4) is 0 Å². The molecule has 0 bridgehead atoms. The fourth-order valence-corrected chi connectivity index (χ4v) is 5.28. The molecule has 0 saturated heterocycles. The first-order valence-electron chi connectivity index (χ1n) is 11.2. The van der Waals surface area contributed by atoms with E-state index >= 15 is 0 Å². The van der Waals surface area contributed by atoms with Crippen molar-refractivity contribution in [1.29, 1.82) is 0 Å². The summed E-state index contributed by atoms with van der Waals surface area (Å²) in [7, 11) is -2.59. The van der Waals surface area contributed by atoms with Gasteiger partial charge in [0, 0.05) is 6.07 Å². The highest BCUT2D eigenvalue weighted by molar-refractivity contribution is 7.92. The number of ether oxygens (including phenoxy) is 1. The van der Waals surface area contributed by atoms with E-state index < -0.39 is 22.5 Å². The molecule has 190 valence electrons. The Hall–Kier alpha value is -4.15. The number of nitrogens with zero attached hydrogens (tertiary/aromatic N) is 4. The van der Waals surface area contributed by atoms with Crippen molar-refractivity contribution in [2.45, 2.75) is 11.8 Å². The highest BCUT2D eigenvalue weighted by Gasteiger charge is 2.27. The number of hydrogen-bond donors (Lipinski definition) is 1. The molecule has 0 aliphatic carbocycles. The van der Waals surface area contributed by atoms with Gasteiger partial charge in [-0.2, -0.15) is 10.2 Å². The van der Waals surface area contributed by atoms with E-state index in [-0.39, 0.29) is 15.7 Å². The predicted octanol–water partition coefficient (Wildman–Crippen LogP) is 4.19. The third-order valence-corrected chi connectivity index (χ3v) is 7.53. The number of rotatable bonds is 9. The number of benzene rings is 3. The number of sulfonamides is 1. The van der Waals surface area contributed by atoms with Crippen LogP contribution in [0.5, 0.6) is 5.75 Å². The van der Waals surface area contributed by atoms with Crippen molar-refractivity contribution in [2.24, 2.45) is 5.10 Å². The van der Waals surface area contributed by atoms with Gasteiger partial charge in [0.15, 0.2) is 5.15 Å². The van der Waals surface area contributed by atoms with Gasteiger partial charge in [-0.3, -0.25) is 9.10 Å². The topological polar surface area (TPSA) is 106 Å². The molecule has 0 atom stereocenters. The second kappa shape index (κ2) is 11.3. The molecule has 3 aromatic carbocycles. The van der Waals surface area contributed by atoms with E-state index in [1.54, 1.807) is 41.1 Å². The Labute approximate surface area is 220 Å². The van der Waals surface area contributed by atoms with Crippen LogP contribution in [0, 0.1) is 6.92 Å². The number of para-hydroxylation sites is 1. The molecule has 0 unspecified atom stereocenters. The summed E-state index contributed by atoms with van der Waals surface area (Å²) in [6, 6.07) is 23.8. The number of anilines is 1. The zero-order valence-corrected chi connectivity index (χ0v) is 21.6. The lowest BCUT2D eigenvalue weighted by Gasteiger charge is -2.24. The van der Waals surface area contributed by atoms with E-state index in [2.05, 4.69) is 15.6 Å². The summed E-state index contributed by atoms with van der Waals surface area (Å²) in [5.41, 5.74) is 4.72. The SMILES string of the molecule is COc1cccc(N(CC(=O)N/N=C\c2c(Cl)nn(-c3ccccc3)c2C)S(=O)(=O)c2ccccc2)c1. The van der Waals surface area contributed by atoms with E-state index in [0.717, 1.165) is 15.7 Å². The minimum absolute atomic E-state index is 0.0462. The van der Waals surface area contributed by atoms with Crippen LogP contribution in [-0.2, 0) is 14.8 Å². The summed E-state index contributed by atoms with van der Waals surface area (Å²) >= 11 is 6.30. The molecule has 0 spiro atoms. The molecule has 0 saturated carbocycles. The van der Waals surface area contributed by atoms with Crippen LogP contribution in [-0.4, -0.2) is 44.0 Å². The minimum Gasteiger partial charge on any atom is -0.497 e. The molecule has 1 heterocycles. The van der Waals surface area contributed by atoms with E-state index in [1.165, 1.54) is 31.5 Å². The van der Waals surface area contributed by atoms with Crippen molar-refractivity contribution in [2.75, 3.05) is 18.0 Å². The smallest absolute Gasteiger partial charge is 0.264 e. The van der Waals surface area contributed by atoms with Crippen LogP contribution in [0.2, 0.25) is 5.15 Å². The van der Waals surface area contributed by atoms with Gasteiger partial charge in [-0.05, 0) is 43.3 Å². The molecule has 37 heavy (non-hydrogen) atoms. The standard InChI is InChI=1S/C26H24ClN5O4S/c1-19-24(26(27)30-32(19)20-10-5-3-6-11-20)17-28-29-25(33)18-31(21-12-9-13-22(16-21)36-2)37(34,35)23-14-7-4-8-15-23/h3-17H,18H2,1-2H3,(H,29,33)/b28-17-. The molecule has 4 rings (SSSR count). The summed E-state index contributed by atoms with van der Waals surface area (Å²) < 4.78 is 34.8. The number of carbonyl (C=O) groups excluding carboxylic acids is 1. The number of halogens is 1. The number of amides is 1. The number of hydrogen-bond acceptors (Lipinski definition) is 6. The normalized spacial score (nSPS) is 11.4. The quantitative estimate of drug-likeness (QED) is 0.254. The fourth-order valence-electron chi connectivity index (χ4n) is 3.58. The zero-order chi connectivity index (χ0) is 26.4. The van der Waals surface area contributed by atoms with Crippen LogP contribution in [0.1, 0.15) is 11.3 Å². The lowest BCUT2D eigenvalue weighted by atomic mass is 10.2. The van der Waals surface area contributed by atoms with Gasteiger partial charge in [0.2, 0.25) is 0 Å². The Kier molecular flexibility index (Phi) is 7.90. The molecule has 9 nitrogen and oxygen atoms in total. The first-order valence-corrected chi connectivity index (χ1v) is 13.0. The Morgan fingerprint density at radius 2 is 1.76 bits per heavy atom. The molecule has 0 aliphatic heterocycles. The second-order valence-electron chi connectivity index (χ2n) is 7.86. The first kappa shape index (κ1) is 25.9. The maximum atomic E-state index is 13.4. The molecular weight excluding hydrogens is 514 g/mol. The van der Waals surface area contributed by atoms with Crippen LogP contribution in [0.4, 0.5) is 5.69 Å². The van der Waals surface area contributed by atoms with Crippen LogP contribution >= 0.6 is 11.6 Å². The molecule has 11 heteroatoms. The molecule has 0 aliphatic rings. The van der Waals surface area contributed by atoms with Crippen molar-refractivity contribution < 1.29 is 17.9 Å². The highest BCUT2D eigenvalue weighted by atomic mass is 35.5. The summed E-state index contributed by atoms with van der Waals surface area (Å²) in [5, 5.41) is 8.54. The average Bonchev–Trinajstić information content (AvgIpc) is 3.21. The first-order chi connectivity index (χ1) is 17.8. The molecule has 1 aromatic heterocycles. The largest absolute Gasteiger partial charge is 0.497 e. The molecule has 0 radical (unpaired) electrons. The van der Waals surface area contributed by atoms with Crippen molar-refractivity contribution in [3.05, 3.63) is 101 Å². The molecule has 1 amide bonds. The fraction of sp³-hybridized carbons (Fsp3) is 0.115. The molecular formula is C26H24ClN5O4S. The molecule has 1 N–H and O–H groups in total. The van der Waals surface area contributed by atoms with Gasteiger partial charge in [0.05, 0.1) is 40.9 Å². The van der Waals surface area contributed by atoms with Gasteiger partial charge in [-0.1, -0.05) is 54.1 Å². The Bertz CT molecular complexity index is 1520. The number of hydrazone groups is 1. The second-order valence-corrected chi connectivity index (χ2v) is 10.1. The lowest BCUT2D eigenvalue weighted by molar-refractivity contribution is -0.119. The third-order valence-electron chi connectivity index (χ3n) is 5.46. The van der Waals surface area contributed by atoms with Crippen molar-refractivity contribution in [1.82, 2.24) is 15.2 Å². The summed E-state index contributed by atoms with van der Waals surface area (Å²) in [5.74, 6) is -0.201. The minimum atomic E-state index is -4.06. The van der Waals surface area contributed by atoms with Gasteiger partial charge in [0.25, 0.3) is 15.9 Å². The van der Waals surface area contributed by atoms with Gasteiger partial charge >= 0.3 is 0 Å². The van der Waals surface area contributed by atoms with Crippen molar-refractivity contribution >= 4 is 39.4 Å². The lowest BCUT2D eigenvalue weighted by Crippen LogP contribution is -2.39. The number of methoxy groups -OCH3 is 1. The van der Waals surface area contributed by atoms with Gasteiger partial charge in [-0.15, -0.1) is 0 Å². The summed E-state index contributed by atoms with van der Waals surface area (Å²) in [6.07, 6.45) is 1.38. The number of carbonyl (C=O) groups is 1. The monoisotopic (exact) mass is 537 g/mol. The van der Waals surface area contributed by atoms with Gasteiger partial charge < -0.3 is 4.74 Å². The highest BCUT2D eigenvalue weighted by Crippen LogP contribution is 2.27. The third kappa shape index (κ3) is 5.82. The van der Waals surface area contributed by atoms with Crippen molar-refractivity contribution in [3.8, 4) is 11.4 Å². The maximum absolute atomic E-state index is 13.4. The van der Waals surface area contributed by atoms with Gasteiger partial charge in [-0.25, -0.2) is 18.5 Å². The maximum Gasteiger partial charge on any atom is 0.264 e. The number of aromatic nitrogens is 2. The average molecular weight is 538 g/mol. The van der Waals surface area contributed by atoms with E-state index in [1.807, 2.05) is 37.3 Å². The van der Waals surface area contributed by atoms with Crippen molar-refractivity contribution in [3.63, 3.8) is 0 Å². The van der Waals surface area contributed by atoms with Crippen LogP contribution in [0.15, 0.2) is 94.9 Å². The van der Waals surface area contributed by atoms with Crippen LogP contribution < -0.4 is 14.5 Å². The number of nitrogens with one attached hydrogen (secondary N) is 1.